The lowest BCUT2D eigenvalue weighted by Gasteiger charge is -2.23. The normalized spacial score (nSPS) is 15.8. The molecule has 1 fully saturated rings. The number of aromatic nitrogens is 2. The number of nitrogens with zero attached hydrogens (tertiary/aromatic N) is 2. The number of pyridine rings is 2. The highest BCUT2D eigenvalue weighted by Gasteiger charge is 2.26. The number of hydrogen-bond acceptors (Lipinski definition) is 0. The van der Waals surface area contributed by atoms with Crippen LogP contribution in [0.2, 0.25) is 0 Å². The lowest BCUT2D eigenvalue weighted by Crippen LogP contribution is -2.29. The molecule has 3 aromatic carbocycles. The van der Waals surface area contributed by atoms with E-state index in [4.69, 9.17) is 0 Å². The van der Waals surface area contributed by atoms with Crippen LogP contribution in [0.3, 0.4) is 0 Å². The van der Waals surface area contributed by atoms with Crippen LogP contribution in [-0.2, 0) is 7.05 Å². The second-order valence-corrected chi connectivity index (χ2v) is 10.5. The van der Waals surface area contributed by atoms with E-state index in [9.17, 15) is 0 Å². The number of rotatable bonds is 1. The molecule has 1 saturated carbocycles. The highest BCUT2D eigenvalue weighted by molar-refractivity contribution is 6.26. The molecular weight excluding hydrogens is 400 g/mol. The fourth-order valence-electron chi connectivity index (χ4n) is 6.83. The van der Waals surface area contributed by atoms with Crippen LogP contribution >= 0.6 is 0 Å². The molecule has 0 N–H and O–H groups in total. The van der Waals surface area contributed by atoms with Crippen LogP contribution < -0.4 is 4.57 Å². The Morgan fingerprint density at radius 3 is 2.45 bits per heavy atom. The van der Waals surface area contributed by atoms with Gasteiger partial charge in [-0.25, -0.2) is 4.57 Å². The predicted octanol–water partition coefficient (Wildman–Crippen LogP) is 7.79. The minimum atomic E-state index is 0.692. The molecule has 0 spiro atoms. The van der Waals surface area contributed by atoms with E-state index in [0.29, 0.717) is 5.92 Å². The fourth-order valence-corrected chi connectivity index (χ4v) is 6.83. The van der Waals surface area contributed by atoms with Crippen LogP contribution in [0.15, 0.2) is 48.7 Å². The summed E-state index contributed by atoms with van der Waals surface area (Å²) in [5.74, 6) is 0.692. The van der Waals surface area contributed by atoms with Crippen LogP contribution in [0.5, 0.6) is 0 Å². The van der Waals surface area contributed by atoms with E-state index in [2.05, 4.69) is 85.4 Å². The first-order chi connectivity index (χ1) is 16.0. The third-order valence-electron chi connectivity index (χ3n) is 8.60. The molecule has 0 amide bonds. The molecule has 0 bridgehead atoms. The van der Waals surface area contributed by atoms with Gasteiger partial charge >= 0.3 is 0 Å². The van der Waals surface area contributed by atoms with E-state index in [-0.39, 0.29) is 0 Å². The van der Waals surface area contributed by atoms with Crippen LogP contribution in [-0.4, -0.2) is 4.40 Å². The molecule has 6 aromatic rings. The summed E-state index contributed by atoms with van der Waals surface area (Å²) in [6, 6.07) is 16.6. The van der Waals surface area contributed by atoms with Gasteiger partial charge < -0.3 is 4.40 Å². The Kier molecular flexibility index (Phi) is 3.93. The third-order valence-corrected chi connectivity index (χ3v) is 8.60. The average molecular weight is 432 g/mol. The molecule has 3 aromatic heterocycles. The summed E-state index contributed by atoms with van der Waals surface area (Å²) in [6.07, 6.45) is 9.05. The molecular formula is C31H31N2+. The van der Waals surface area contributed by atoms with Crippen molar-refractivity contribution < 1.29 is 4.57 Å². The van der Waals surface area contributed by atoms with Crippen molar-refractivity contribution >= 4 is 49.0 Å². The maximum atomic E-state index is 2.60. The van der Waals surface area contributed by atoms with Crippen molar-refractivity contribution in [1.29, 1.82) is 0 Å². The Morgan fingerprint density at radius 1 is 0.818 bits per heavy atom. The maximum absolute atomic E-state index is 2.60. The average Bonchev–Trinajstić information content (AvgIpc) is 3.16. The molecule has 0 aliphatic heterocycles. The summed E-state index contributed by atoms with van der Waals surface area (Å²) in [5.41, 5.74) is 11.1. The van der Waals surface area contributed by atoms with E-state index in [0.717, 1.165) is 0 Å². The van der Waals surface area contributed by atoms with Crippen molar-refractivity contribution in [1.82, 2.24) is 4.40 Å². The van der Waals surface area contributed by atoms with Crippen LogP contribution in [0.1, 0.15) is 60.3 Å². The Labute approximate surface area is 194 Å². The molecule has 0 unspecified atom stereocenters. The standard InChI is InChI=1S/C31H31N2/c1-18-9-8-12-25-27(18)24-15-19(2)20(3)28-30(24)33(25)26-17-23(21-10-6-5-7-11-21)16-22-13-14-32(4)31(28)29(22)26/h8-9,12-17,21H,5-7,10-11H2,1-4H3/q+1. The Hall–Kier alpha value is -3.13. The molecule has 0 atom stereocenters. The topological polar surface area (TPSA) is 8.29 Å². The quantitative estimate of drug-likeness (QED) is 0.143. The molecule has 33 heavy (non-hydrogen) atoms. The molecule has 164 valence electrons. The molecule has 0 radical (unpaired) electrons. The second kappa shape index (κ2) is 6.70. The lowest BCUT2D eigenvalue weighted by molar-refractivity contribution is -0.643. The molecule has 1 aliphatic carbocycles. The smallest absolute Gasteiger partial charge is 0.224 e. The van der Waals surface area contributed by atoms with Gasteiger partial charge in [-0.1, -0.05) is 37.5 Å². The molecule has 7 rings (SSSR count). The SMILES string of the molecule is Cc1cc2c3c(C)cccc3n3c4cc(C5CCCCC5)cc5cc[n+](C)c(c(c1C)c23)c54. The van der Waals surface area contributed by atoms with Gasteiger partial charge in [-0.15, -0.1) is 0 Å². The number of hydrogen-bond donors (Lipinski definition) is 0. The Morgan fingerprint density at radius 2 is 1.64 bits per heavy atom. The van der Waals surface area contributed by atoms with Gasteiger partial charge in [-0.05, 0) is 85.4 Å². The maximum Gasteiger partial charge on any atom is 0.224 e. The monoisotopic (exact) mass is 431 g/mol. The molecule has 3 heterocycles. The highest BCUT2D eigenvalue weighted by Crippen LogP contribution is 2.44. The fraction of sp³-hybridized carbons (Fsp3) is 0.323. The minimum Gasteiger partial charge on any atom is -0.307 e. The van der Waals surface area contributed by atoms with Crippen molar-refractivity contribution in [3.63, 3.8) is 0 Å². The van der Waals surface area contributed by atoms with Crippen molar-refractivity contribution in [3.8, 4) is 0 Å². The highest BCUT2D eigenvalue weighted by atomic mass is 15.0. The van der Waals surface area contributed by atoms with E-state index in [1.54, 1.807) is 0 Å². The van der Waals surface area contributed by atoms with Gasteiger partial charge in [0.15, 0.2) is 6.20 Å². The van der Waals surface area contributed by atoms with E-state index in [1.165, 1.54) is 103 Å². The van der Waals surface area contributed by atoms with Crippen molar-refractivity contribution in [2.24, 2.45) is 7.05 Å². The lowest BCUT2D eigenvalue weighted by atomic mass is 9.83. The van der Waals surface area contributed by atoms with E-state index in [1.807, 2.05) is 0 Å². The molecule has 2 nitrogen and oxygen atoms in total. The van der Waals surface area contributed by atoms with Crippen molar-refractivity contribution in [3.05, 3.63) is 70.9 Å². The third kappa shape index (κ3) is 2.47. The summed E-state index contributed by atoms with van der Waals surface area (Å²) in [6.45, 7) is 6.84. The van der Waals surface area contributed by atoms with Gasteiger partial charge in [-0.3, -0.25) is 0 Å². The van der Waals surface area contributed by atoms with Gasteiger partial charge in [0.2, 0.25) is 5.52 Å². The van der Waals surface area contributed by atoms with Crippen LogP contribution in [0.25, 0.3) is 49.0 Å². The summed E-state index contributed by atoms with van der Waals surface area (Å²) in [5, 5.41) is 7.00. The number of aryl methyl sites for hydroxylation is 4. The minimum absolute atomic E-state index is 0.692. The summed E-state index contributed by atoms with van der Waals surface area (Å²) < 4.78 is 4.95. The summed E-state index contributed by atoms with van der Waals surface area (Å²) in [4.78, 5) is 0. The van der Waals surface area contributed by atoms with E-state index >= 15 is 0 Å². The number of fused-ring (bicyclic) bond motifs is 5. The van der Waals surface area contributed by atoms with Gasteiger partial charge in [-0.2, -0.15) is 0 Å². The van der Waals surface area contributed by atoms with Gasteiger partial charge in [0.25, 0.3) is 0 Å². The van der Waals surface area contributed by atoms with Crippen LogP contribution in [0.4, 0.5) is 0 Å². The predicted molar refractivity (Wildman–Crippen MR) is 140 cm³/mol. The summed E-state index contributed by atoms with van der Waals surface area (Å²) >= 11 is 0. The zero-order valence-corrected chi connectivity index (χ0v) is 20.1. The first-order valence-corrected chi connectivity index (χ1v) is 12.6. The first kappa shape index (κ1) is 19.3. The van der Waals surface area contributed by atoms with Crippen molar-refractivity contribution in [2.75, 3.05) is 0 Å². The number of benzene rings is 3. The Bertz CT molecular complexity index is 1730. The van der Waals surface area contributed by atoms with Crippen LogP contribution in [0, 0.1) is 20.8 Å². The largest absolute Gasteiger partial charge is 0.307 e. The second-order valence-electron chi connectivity index (χ2n) is 10.5. The molecule has 1 aliphatic rings. The molecule has 2 heteroatoms. The van der Waals surface area contributed by atoms with Gasteiger partial charge in [0.05, 0.1) is 27.3 Å². The van der Waals surface area contributed by atoms with Crippen molar-refractivity contribution in [2.45, 2.75) is 58.8 Å². The zero-order valence-electron chi connectivity index (χ0n) is 20.1. The van der Waals surface area contributed by atoms with Gasteiger partial charge in [0, 0.05) is 16.8 Å². The first-order valence-electron chi connectivity index (χ1n) is 12.6. The van der Waals surface area contributed by atoms with Gasteiger partial charge in [0.1, 0.15) is 7.05 Å². The van der Waals surface area contributed by atoms with E-state index < -0.39 is 0 Å². The zero-order chi connectivity index (χ0) is 22.4. The summed E-state index contributed by atoms with van der Waals surface area (Å²) in [7, 11) is 2.21. The molecule has 0 saturated heterocycles. The Balaban J connectivity index is 1.81.